The van der Waals surface area contributed by atoms with Crippen LogP contribution >= 0.6 is 0 Å². The van der Waals surface area contributed by atoms with Gasteiger partial charge in [-0.3, -0.25) is 9.48 Å². The van der Waals surface area contributed by atoms with Crippen LogP contribution in [0.25, 0.3) is 22.2 Å². The summed E-state index contributed by atoms with van der Waals surface area (Å²) in [6.07, 6.45) is 1.91. The minimum absolute atomic E-state index is 0.00978. The Bertz CT molecular complexity index is 1840. The molecule has 0 aliphatic rings. The normalized spacial score (nSPS) is 11.5. The lowest BCUT2D eigenvalue weighted by atomic mass is 10.1. The fraction of sp³-hybridized carbons (Fsp3) is 0.143. The number of nitrogen functional groups attached to an aromatic ring is 1. The van der Waals surface area contributed by atoms with Gasteiger partial charge in [-0.1, -0.05) is 35.9 Å². The number of rotatable bonds is 6. The average molecular weight is 543 g/mol. The number of nitrogens with one attached hydrogen (secondary N) is 1. The van der Waals surface area contributed by atoms with Crippen molar-refractivity contribution in [1.82, 2.24) is 24.5 Å². The van der Waals surface area contributed by atoms with Gasteiger partial charge in [-0.2, -0.15) is 13.5 Å². The van der Waals surface area contributed by atoms with Crippen LogP contribution in [0.15, 0.2) is 71.9 Å². The van der Waals surface area contributed by atoms with E-state index in [1.165, 1.54) is 24.3 Å². The molecule has 5 rings (SSSR count). The average Bonchev–Trinajstić information content (AvgIpc) is 3.25. The number of nitrogens with zero attached hydrogens (tertiary/aromatic N) is 4. The van der Waals surface area contributed by atoms with Gasteiger partial charge in [0.05, 0.1) is 11.2 Å². The molecule has 2 aromatic carbocycles. The third kappa shape index (κ3) is 5.30. The number of anilines is 1. The molecule has 10 nitrogen and oxygen atoms in total. The molecule has 0 bridgehead atoms. The van der Waals surface area contributed by atoms with Gasteiger partial charge in [0.1, 0.15) is 17.1 Å². The first kappa shape index (κ1) is 25.9. The molecule has 1 amide bonds. The highest BCUT2D eigenvalue weighted by atomic mass is 32.2. The van der Waals surface area contributed by atoms with Gasteiger partial charge in [-0.25, -0.2) is 14.7 Å². The van der Waals surface area contributed by atoms with Gasteiger partial charge in [0, 0.05) is 24.2 Å². The first-order chi connectivity index (χ1) is 18.5. The lowest BCUT2D eigenvalue weighted by Gasteiger charge is -2.16. The summed E-state index contributed by atoms with van der Waals surface area (Å²) in [7, 11) is -2.47. The number of sulfonamides is 1. The fourth-order valence-corrected chi connectivity index (χ4v) is 5.33. The Hall–Kier alpha value is -4.77. The number of pyridine rings is 2. The Kier molecular flexibility index (Phi) is 6.52. The number of amides is 1. The van der Waals surface area contributed by atoms with Crippen molar-refractivity contribution >= 4 is 32.7 Å². The van der Waals surface area contributed by atoms with Crippen molar-refractivity contribution in [3.05, 3.63) is 89.1 Å². The summed E-state index contributed by atoms with van der Waals surface area (Å²) in [6.45, 7) is 5.76. The first-order valence-electron chi connectivity index (χ1n) is 12.0. The maximum absolute atomic E-state index is 13.3. The van der Waals surface area contributed by atoms with E-state index in [4.69, 9.17) is 10.5 Å². The van der Waals surface area contributed by atoms with Crippen molar-refractivity contribution in [2.24, 2.45) is 7.05 Å². The summed E-state index contributed by atoms with van der Waals surface area (Å²) in [5.41, 5.74) is 10.4. The quantitative estimate of drug-likeness (QED) is 0.320. The Morgan fingerprint density at radius 2 is 1.72 bits per heavy atom. The van der Waals surface area contributed by atoms with E-state index in [0.717, 1.165) is 33.2 Å². The predicted molar refractivity (Wildman–Crippen MR) is 148 cm³/mol. The number of aromatic nitrogens is 4. The van der Waals surface area contributed by atoms with E-state index in [0.29, 0.717) is 11.4 Å². The molecular weight excluding hydrogens is 516 g/mol. The van der Waals surface area contributed by atoms with Crippen molar-refractivity contribution in [2.75, 3.05) is 5.73 Å². The number of carbonyl (C=O) groups is 1. The molecule has 5 aromatic rings. The number of aryl methyl sites for hydroxylation is 4. The van der Waals surface area contributed by atoms with Gasteiger partial charge in [-0.15, -0.1) is 0 Å². The van der Waals surface area contributed by atoms with Gasteiger partial charge < -0.3 is 10.5 Å². The third-order valence-electron chi connectivity index (χ3n) is 6.07. The molecule has 0 saturated heterocycles. The number of carbonyl (C=O) groups excluding carboxylic acids is 1. The second-order valence-electron chi connectivity index (χ2n) is 9.29. The topological polar surface area (TPSA) is 142 Å². The standard InChI is InChI=1S/C28H26N6O4S/c1-16-12-17(2)26(18(3)13-16)38-28-21(27(35)33-39(36,37)25-7-5-6-24(29)31-25)10-11-22(30-28)19-8-9-20-15-34(4)32-23(20)14-19/h5-15H,1-4H3,(H2,29,31)(H,33,35). The minimum atomic E-state index is -4.31. The summed E-state index contributed by atoms with van der Waals surface area (Å²) in [5.74, 6) is -0.428. The molecule has 0 spiro atoms. The van der Waals surface area contributed by atoms with E-state index in [2.05, 4.69) is 15.1 Å². The molecule has 0 aliphatic heterocycles. The fourth-order valence-electron chi connectivity index (χ4n) is 4.38. The van der Waals surface area contributed by atoms with E-state index in [9.17, 15) is 13.2 Å². The van der Waals surface area contributed by atoms with Crippen molar-refractivity contribution in [2.45, 2.75) is 25.8 Å². The van der Waals surface area contributed by atoms with Gasteiger partial charge in [0.15, 0.2) is 5.03 Å². The Morgan fingerprint density at radius 3 is 2.44 bits per heavy atom. The van der Waals surface area contributed by atoms with E-state index in [1.807, 2.05) is 69.1 Å². The minimum Gasteiger partial charge on any atom is -0.438 e. The number of fused-ring (bicyclic) bond motifs is 1. The number of ether oxygens (including phenoxy) is 1. The molecule has 0 radical (unpaired) electrons. The Labute approximate surface area is 225 Å². The van der Waals surface area contributed by atoms with Crippen LogP contribution in [0.4, 0.5) is 5.82 Å². The molecule has 0 saturated carbocycles. The molecular formula is C28H26N6O4S. The molecule has 0 fully saturated rings. The number of nitrogens with two attached hydrogens (primary N) is 1. The molecule has 0 unspecified atom stereocenters. The van der Waals surface area contributed by atoms with Gasteiger partial charge in [-0.05, 0) is 62.2 Å². The third-order valence-corrected chi connectivity index (χ3v) is 7.31. The molecule has 3 aromatic heterocycles. The largest absolute Gasteiger partial charge is 0.438 e. The predicted octanol–water partition coefficient (Wildman–Crippen LogP) is 4.45. The smallest absolute Gasteiger partial charge is 0.281 e. The van der Waals surface area contributed by atoms with Crippen LogP contribution in [0.1, 0.15) is 27.0 Å². The second-order valence-corrected chi connectivity index (χ2v) is 10.9. The van der Waals surface area contributed by atoms with Crippen LogP contribution in [-0.2, 0) is 17.1 Å². The lowest BCUT2D eigenvalue weighted by molar-refractivity contribution is 0.0978. The van der Waals surface area contributed by atoms with Crippen LogP contribution in [0, 0.1) is 20.8 Å². The van der Waals surface area contributed by atoms with Gasteiger partial charge in [0.2, 0.25) is 5.88 Å². The van der Waals surface area contributed by atoms with Crippen LogP contribution in [0.2, 0.25) is 0 Å². The molecule has 198 valence electrons. The van der Waals surface area contributed by atoms with Crippen LogP contribution in [0.3, 0.4) is 0 Å². The summed E-state index contributed by atoms with van der Waals surface area (Å²) in [6, 6.07) is 16.9. The SMILES string of the molecule is Cc1cc(C)c(Oc2nc(-c3ccc4cn(C)nc4c3)ccc2C(=O)NS(=O)(=O)c2cccc(N)n2)c(C)c1. The maximum atomic E-state index is 13.3. The Morgan fingerprint density at radius 1 is 0.974 bits per heavy atom. The second kappa shape index (κ2) is 9.84. The zero-order valence-electron chi connectivity index (χ0n) is 21.8. The van der Waals surface area contributed by atoms with E-state index >= 15 is 0 Å². The van der Waals surface area contributed by atoms with Gasteiger partial charge >= 0.3 is 0 Å². The summed E-state index contributed by atoms with van der Waals surface area (Å²) < 4.78 is 35.7. The Balaban J connectivity index is 1.58. The molecule has 3 N–H and O–H groups in total. The van der Waals surface area contributed by atoms with Crippen molar-refractivity contribution < 1.29 is 17.9 Å². The number of hydrogen-bond donors (Lipinski definition) is 2. The summed E-state index contributed by atoms with van der Waals surface area (Å²) >= 11 is 0. The number of benzene rings is 2. The van der Waals surface area contributed by atoms with Crippen LogP contribution < -0.4 is 15.2 Å². The maximum Gasteiger partial charge on any atom is 0.281 e. The number of hydrogen-bond acceptors (Lipinski definition) is 8. The first-order valence-corrected chi connectivity index (χ1v) is 13.5. The van der Waals surface area contributed by atoms with Crippen molar-refractivity contribution in [1.29, 1.82) is 0 Å². The molecule has 3 heterocycles. The highest BCUT2D eigenvalue weighted by Gasteiger charge is 2.25. The monoisotopic (exact) mass is 542 g/mol. The molecule has 0 aliphatic carbocycles. The van der Waals surface area contributed by atoms with Crippen molar-refractivity contribution in [3.8, 4) is 22.9 Å². The van der Waals surface area contributed by atoms with Crippen molar-refractivity contribution in [3.63, 3.8) is 0 Å². The van der Waals surface area contributed by atoms with Crippen LogP contribution in [-0.4, -0.2) is 34.1 Å². The zero-order chi connectivity index (χ0) is 27.9. The van der Waals surface area contributed by atoms with Crippen LogP contribution in [0.5, 0.6) is 11.6 Å². The summed E-state index contributed by atoms with van der Waals surface area (Å²) in [4.78, 5) is 21.8. The van der Waals surface area contributed by atoms with E-state index in [-0.39, 0.29) is 22.3 Å². The lowest BCUT2D eigenvalue weighted by Crippen LogP contribution is -2.31. The highest BCUT2D eigenvalue weighted by molar-refractivity contribution is 7.90. The van der Waals surface area contributed by atoms with E-state index < -0.39 is 15.9 Å². The zero-order valence-corrected chi connectivity index (χ0v) is 22.6. The van der Waals surface area contributed by atoms with Gasteiger partial charge in [0.25, 0.3) is 15.9 Å². The molecule has 39 heavy (non-hydrogen) atoms. The highest BCUT2D eigenvalue weighted by Crippen LogP contribution is 2.33. The van der Waals surface area contributed by atoms with E-state index in [1.54, 1.807) is 10.7 Å². The molecule has 0 atom stereocenters. The summed E-state index contributed by atoms with van der Waals surface area (Å²) in [5, 5.41) is 5.05. The molecule has 11 heteroatoms.